The Kier molecular flexibility index (Phi) is 8.61. The van der Waals surface area contributed by atoms with Gasteiger partial charge in [-0.15, -0.1) is 0 Å². The van der Waals surface area contributed by atoms with Gasteiger partial charge in [0.1, 0.15) is 0 Å². The van der Waals surface area contributed by atoms with E-state index in [1.807, 2.05) is 0 Å². The SMILES string of the molecule is COCCOCCCN(CCCN)C1CCC1. The van der Waals surface area contributed by atoms with Gasteiger partial charge in [0.25, 0.3) is 0 Å². The molecule has 0 heterocycles. The summed E-state index contributed by atoms with van der Waals surface area (Å²) in [5, 5.41) is 0. The fourth-order valence-corrected chi connectivity index (χ4v) is 2.14. The van der Waals surface area contributed by atoms with Crippen LogP contribution in [0.1, 0.15) is 32.1 Å². The van der Waals surface area contributed by atoms with Crippen molar-refractivity contribution >= 4 is 0 Å². The summed E-state index contributed by atoms with van der Waals surface area (Å²) in [6.45, 7) is 5.35. The first kappa shape index (κ1) is 14.9. The van der Waals surface area contributed by atoms with Crippen LogP contribution in [0.15, 0.2) is 0 Å². The number of nitrogens with two attached hydrogens (primary N) is 1. The van der Waals surface area contributed by atoms with Crippen LogP contribution >= 0.6 is 0 Å². The largest absolute Gasteiger partial charge is 0.382 e. The lowest BCUT2D eigenvalue weighted by molar-refractivity contribution is 0.0573. The summed E-state index contributed by atoms with van der Waals surface area (Å²) in [5.74, 6) is 0. The molecular weight excluding hydrogens is 216 g/mol. The highest BCUT2D eigenvalue weighted by Crippen LogP contribution is 2.24. The second-order valence-electron chi connectivity index (χ2n) is 4.72. The number of ether oxygens (including phenoxy) is 2. The summed E-state index contributed by atoms with van der Waals surface area (Å²) >= 11 is 0. The van der Waals surface area contributed by atoms with Crippen LogP contribution in [0.2, 0.25) is 0 Å². The number of hydrogen-bond donors (Lipinski definition) is 1. The number of methoxy groups -OCH3 is 1. The molecule has 2 N–H and O–H groups in total. The molecule has 0 radical (unpaired) electrons. The van der Waals surface area contributed by atoms with E-state index in [0.29, 0.717) is 13.2 Å². The van der Waals surface area contributed by atoms with Gasteiger partial charge in [0.15, 0.2) is 0 Å². The predicted molar refractivity (Wildman–Crippen MR) is 70.2 cm³/mol. The maximum atomic E-state index is 5.58. The zero-order valence-electron chi connectivity index (χ0n) is 11.2. The van der Waals surface area contributed by atoms with Crippen molar-refractivity contribution in [3.63, 3.8) is 0 Å². The quantitative estimate of drug-likeness (QED) is 0.556. The van der Waals surface area contributed by atoms with Crippen molar-refractivity contribution in [2.24, 2.45) is 5.73 Å². The molecule has 1 rings (SSSR count). The smallest absolute Gasteiger partial charge is 0.0700 e. The average molecular weight is 244 g/mol. The Morgan fingerprint density at radius 2 is 1.88 bits per heavy atom. The molecule has 0 amide bonds. The Labute approximate surface area is 105 Å². The molecule has 0 aliphatic heterocycles. The van der Waals surface area contributed by atoms with Gasteiger partial charge in [-0.25, -0.2) is 0 Å². The minimum atomic E-state index is 0.694. The monoisotopic (exact) mass is 244 g/mol. The molecule has 4 nitrogen and oxygen atoms in total. The lowest BCUT2D eigenvalue weighted by Crippen LogP contribution is -2.42. The number of nitrogens with zero attached hydrogens (tertiary/aromatic N) is 1. The molecule has 0 aromatic carbocycles. The van der Waals surface area contributed by atoms with Crippen molar-refractivity contribution in [2.45, 2.75) is 38.1 Å². The van der Waals surface area contributed by atoms with E-state index in [4.69, 9.17) is 15.2 Å². The molecule has 4 heteroatoms. The molecule has 0 bridgehead atoms. The van der Waals surface area contributed by atoms with E-state index in [1.165, 1.54) is 19.3 Å². The summed E-state index contributed by atoms with van der Waals surface area (Å²) in [6, 6.07) is 0.820. The van der Waals surface area contributed by atoms with E-state index in [-0.39, 0.29) is 0 Å². The van der Waals surface area contributed by atoms with Gasteiger partial charge in [0.05, 0.1) is 13.2 Å². The van der Waals surface area contributed by atoms with Crippen LogP contribution in [0, 0.1) is 0 Å². The van der Waals surface area contributed by atoms with Crippen molar-refractivity contribution in [1.29, 1.82) is 0 Å². The van der Waals surface area contributed by atoms with Crippen molar-refractivity contribution in [3.05, 3.63) is 0 Å². The molecule has 0 aromatic heterocycles. The molecule has 1 saturated carbocycles. The van der Waals surface area contributed by atoms with Gasteiger partial charge in [0.2, 0.25) is 0 Å². The van der Waals surface area contributed by atoms with Crippen LogP contribution in [0.5, 0.6) is 0 Å². The number of hydrogen-bond acceptors (Lipinski definition) is 4. The molecule has 102 valence electrons. The Morgan fingerprint density at radius 3 is 2.47 bits per heavy atom. The van der Waals surface area contributed by atoms with Crippen LogP contribution in [0.3, 0.4) is 0 Å². The third-order valence-electron chi connectivity index (χ3n) is 3.41. The van der Waals surface area contributed by atoms with Crippen molar-refractivity contribution in [2.75, 3.05) is 46.6 Å². The zero-order chi connectivity index (χ0) is 12.3. The van der Waals surface area contributed by atoms with Crippen LogP contribution in [-0.2, 0) is 9.47 Å². The first-order valence-electron chi connectivity index (χ1n) is 6.89. The summed E-state index contributed by atoms with van der Waals surface area (Å²) in [6.07, 6.45) is 6.37. The third-order valence-corrected chi connectivity index (χ3v) is 3.41. The maximum Gasteiger partial charge on any atom is 0.0700 e. The van der Waals surface area contributed by atoms with E-state index in [1.54, 1.807) is 7.11 Å². The van der Waals surface area contributed by atoms with E-state index in [0.717, 1.165) is 45.1 Å². The van der Waals surface area contributed by atoms with Gasteiger partial charge in [-0.1, -0.05) is 6.42 Å². The molecule has 0 unspecified atom stereocenters. The maximum absolute atomic E-state index is 5.58. The lowest BCUT2D eigenvalue weighted by Gasteiger charge is -2.37. The fraction of sp³-hybridized carbons (Fsp3) is 1.00. The van der Waals surface area contributed by atoms with Crippen molar-refractivity contribution in [3.8, 4) is 0 Å². The van der Waals surface area contributed by atoms with E-state index in [2.05, 4.69) is 4.90 Å². The van der Waals surface area contributed by atoms with Gasteiger partial charge >= 0.3 is 0 Å². The Balaban J connectivity index is 2.02. The molecule has 17 heavy (non-hydrogen) atoms. The summed E-state index contributed by atoms with van der Waals surface area (Å²) in [7, 11) is 1.70. The van der Waals surface area contributed by atoms with Crippen LogP contribution < -0.4 is 5.73 Å². The Bertz CT molecular complexity index is 175. The standard InChI is InChI=1S/C13H28N2O2/c1-16-11-12-17-10-4-9-15(8-3-7-14)13-5-2-6-13/h13H,2-12,14H2,1H3. The summed E-state index contributed by atoms with van der Waals surface area (Å²) in [5.41, 5.74) is 5.58. The van der Waals surface area contributed by atoms with Crippen LogP contribution in [-0.4, -0.2) is 57.5 Å². The normalized spacial score (nSPS) is 16.4. The highest BCUT2D eigenvalue weighted by molar-refractivity contribution is 4.79. The van der Waals surface area contributed by atoms with Gasteiger partial charge < -0.3 is 20.1 Å². The second-order valence-corrected chi connectivity index (χ2v) is 4.72. The summed E-state index contributed by atoms with van der Waals surface area (Å²) in [4.78, 5) is 2.59. The predicted octanol–water partition coefficient (Wildman–Crippen LogP) is 1.24. The topological polar surface area (TPSA) is 47.7 Å². The van der Waals surface area contributed by atoms with E-state index < -0.39 is 0 Å². The van der Waals surface area contributed by atoms with Crippen LogP contribution in [0.25, 0.3) is 0 Å². The van der Waals surface area contributed by atoms with Crippen molar-refractivity contribution < 1.29 is 9.47 Å². The van der Waals surface area contributed by atoms with Gasteiger partial charge in [-0.05, 0) is 38.8 Å². The number of rotatable bonds is 11. The molecule has 1 aliphatic rings. The Morgan fingerprint density at radius 1 is 1.12 bits per heavy atom. The molecule has 1 aliphatic carbocycles. The zero-order valence-corrected chi connectivity index (χ0v) is 11.2. The third kappa shape index (κ3) is 6.36. The van der Waals surface area contributed by atoms with Crippen molar-refractivity contribution in [1.82, 2.24) is 4.90 Å². The van der Waals surface area contributed by atoms with Gasteiger partial charge in [-0.3, -0.25) is 0 Å². The second kappa shape index (κ2) is 9.83. The first-order chi connectivity index (χ1) is 8.38. The van der Waals surface area contributed by atoms with Crippen LogP contribution in [0.4, 0.5) is 0 Å². The molecular formula is C13H28N2O2. The van der Waals surface area contributed by atoms with Gasteiger partial charge in [0, 0.05) is 26.3 Å². The summed E-state index contributed by atoms with van der Waals surface area (Å²) < 4.78 is 10.4. The minimum absolute atomic E-state index is 0.694. The molecule has 0 saturated heterocycles. The molecule has 0 spiro atoms. The lowest BCUT2D eigenvalue weighted by atomic mass is 9.91. The minimum Gasteiger partial charge on any atom is -0.382 e. The van der Waals surface area contributed by atoms with E-state index >= 15 is 0 Å². The molecule has 0 atom stereocenters. The Hall–Kier alpha value is -0.160. The molecule has 1 fully saturated rings. The highest BCUT2D eigenvalue weighted by Gasteiger charge is 2.23. The molecule has 0 aromatic rings. The average Bonchev–Trinajstić information content (AvgIpc) is 2.27. The van der Waals surface area contributed by atoms with E-state index in [9.17, 15) is 0 Å². The first-order valence-corrected chi connectivity index (χ1v) is 6.89. The fourth-order valence-electron chi connectivity index (χ4n) is 2.14. The highest BCUT2D eigenvalue weighted by atomic mass is 16.5. The van der Waals surface area contributed by atoms with Gasteiger partial charge in [-0.2, -0.15) is 0 Å².